The molecule has 0 bridgehead atoms. The van der Waals surface area contributed by atoms with Gasteiger partial charge in [0.25, 0.3) is 11.7 Å². The molecule has 2 heterocycles. The van der Waals surface area contributed by atoms with Crippen molar-refractivity contribution in [1.82, 2.24) is 0 Å². The van der Waals surface area contributed by atoms with Crippen LogP contribution in [-0.4, -0.2) is 29.5 Å². The lowest BCUT2D eigenvalue weighted by molar-refractivity contribution is -0.132. The molecular formula is C28H24ClNO5. The van der Waals surface area contributed by atoms with Crippen LogP contribution < -0.4 is 14.4 Å². The van der Waals surface area contributed by atoms with Crippen LogP contribution in [0.4, 0.5) is 5.69 Å². The van der Waals surface area contributed by atoms with Crippen molar-refractivity contribution in [2.45, 2.75) is 32.4 Å². The first kappa shape index (κ1) is 23.0. The Labute approximate surface area is 208 Å². The van der Waals surface area contributed by atoms with Crippen molar-refractivity contribution < 1.29 is 24.2 Å². The molecule has 0 radical (unpaired) electrons. The number of anilines is 1. The summed E-state index contributed by atoms with van der Waals surface area (Å²) in [5.41, 5.74) is 2.62. The number of aliphatic hydroxyl groups excluding tert-OH is 1. The lowest BCUT2D eigenvalue weighted by atomic mass is 9.94. The zero-order valence-corrected chi connectivity index (χ0v) is 20.1. The summed E-state index contributed by atoms with van der Waals surface area (Å²) in [7, 11) is 0. The van der Waals surface area contributed by atoms with Crippen LogP contribution in [0.15, 0.2) is 72.3 Å². The van der Waals surface area contributed by atoms with Crippen molar-refractivity contribution in [3.8, 4) is 11.5 Å². The topological polar surface area (TPSA) is 76.1 Å². The van der Waals surface area contributed by atoms with Gasteiger partial charge >= 0.3 is 0 Å². The minimum Gasteiger partial charge on any atom is -0.507 e. The van der Waals surface area contributed by atoms with Gasteiger partial charge in [0.15, 0.2) is 0 Å². The van der Waals surface area contributed by atoms with Crippen molar-refractivity contribution in [3.05, 3.63) is 94.0 Å². The maximum absolute atomic E-state index is 13.3. The van der Waals surface area contributed by atoms with Gasteiger partial charge in [-0.15, -0.1) is 0 Å². The number of carbonyl (C=O) groups is 2. The summed E-state index contributed by atoms with van der Waals surface area (Å²) in [4.78, 5) is 28.0. The third-order valence-corrected chi connectivity index (χ3v) is 6.48. The van der Waals surface area contributed by atoms with Gasteiger partial charge < -0.3 is 14.6 Å². The second-order valence-corrected chi connectivity index (χ2v) is 9.04. The molecule has 3 aromatic rings. The van der Waals surface area contributed by atoms with E-state index in [9.17, 15) is 14.7 Å². The van der Waals surface area contributed by atoms with Gasteiger partial charge in [-0.05, 0) is 79.6 Å². The van der Waals surface area contributed by atoms with Crippen LogP contribution in [0.3, 0.4) is 0 Å². The zero-order valence-electron chi connectivity index (χ0n) is 19.3. The second-order valence-electron chi connectivity index (χ2n) is 8.60. The molecule has 35 heavy (non-hydrogen) atoms. The molecule has 178 valence electrons. The molecule has 5 rings (SSSR count). The summed E-state index contributed by atoms with van der Waals surface area (Å²) in [6, 6.07) is 18.4. The molecule has 2 aliphatic heterocycles. The molecule has 2 atom stereocenters. The van der Waals surface area contributed by atoms with Gasteiger partial charge in [-0.3, -0.25) is 14.5 Å². The average Bonchev–Trinajstić information content (AvgIpc) is 3.35. The van der Waals surface area contributed by atoms with Crippen molar-refractivity contribution in [3.63, 3.8) is 0 Å². The SMILES string of the molecule is CCOc1ccc(C2/C(=C(/O)c3ccc4c(c3)CC(C)O4)C(=O)C(=O)N2c2ccc(Cl)cc2)cc1. The molecule has 2 aliphatic rings. The van der Waals surface area contributed by atoms with Crippen molar-refractivity contribution in [2.24, 2.45) is 0 Å². The van der Waals surface area contributed by atoms with Gasteiger partial charge in [0, 0.05) is 22.7 Å². The molecule has 0 aromatic heterocycles. The number of benzene rings is 3. The number of Topliss-reactive ketones (excluding diaryl/α,β-unsaturated/α-hetero) is 1. The van der Waals surface area contributed by atoms with Gasteiger partial charge in [0.1, 0.15) is 23.4 Å². The van der Waals surface area contributed by atoms with Crippen LogP contribution in [0.5, 0.6) is 11.5 Å². The molecule has 2 unspecified atom stereocenters. The van der Waals surface area contributed by atoms with Crippen LogP contribution >= 0.6 is 11.6 Å². The molecule has 1 amide bonds. The molecular weight excluding hydrogens is 466 g/mol. The molecule has 1 saturated heterocycles. The van der Waals surface area contributed by atoms with E-state index in [4.69, 9.17) is 21.1 Å². The first-order chi connectivity index (χ1) is 16.9. The lowest BCUT2D eigenvalue weighted by Crippen LogP contribution is -2.29. The number of hydrogen-bond donors (Lipinski definition) is 1. The molecule has 1 fully saturated rings. The molecule has 7 heteroatoms. The van der Waals surface area contributed by atoms with Crippen LogP contribution in [0.25, 0.3) is 5.76 Å². The third-order valence-electron chi connectivity index (χ3n) is 6.23. The van der Waals surface area contributed by atoms with Gasteiger partial charge in [0.05, 0.1) is 18.2 Å². The number of rotatable bonds is 5. The highest BCUT2D eigenvalue weighted by molar-refractivity contribution is 6.51. The van der Waals surface area contributed by atoms with E-state index in [1.54, 1.807) is 60.7 Å². The largest absolute Gasteiger partial charge is 0.507 e. The zero-order chi connectivity index (χ0) is 24.7. The van der Waals surface area contributed by atoms with E-state index in [1.165, 1.54) is 4.90 Å². The molecule has 6 nitrogen and oxygen atoms in total. The Morgan fingerprint density at radius 1 is 1.09 bits per heavy atom. The van der Waals surface area contributed by atoms with E-state index in [0.29, 0.717) is 40.6 Å². The molecule has 3 aromatic carbocycles. The van der Waals surface area contributed by atoms with Crippen LogP contribution in [0, 0.1) is 0 Å². The van der Waals surface area contributed by atoms with E-state index in [0.717, 1.165) is 11.3 Å². The summed E-state index contributed by atoms with van der Waals surface area (Å²) in [5.74, 6) is -0.250. The van der Waals surface area contributed by atoms with E-state index in [2.05, 4.69) is 0 Å². The Morgan fingerprint density at radius 2 is 1.80 bits per heavy atom. The van der Waals surface area contributed by atoms with Gasteiger partial charge in [-0.2, -0.15) is 0 Å². The van der Waals surface area contributed by atoms with E-state index < -0.39 is 17.7 Å². The van der Waals surface area contributed by atoms with Crippen molar-refractivity contribution in [1.29, 1.82) is 0 Å². The van der Waals surface area contributed by atoms with Gasteiger partial charge in [-0.25, -0.2) is 0 Å². The fourth-order valence-corrected chi connectivity index (χ4v) is 4.78. The first-order valence-electron chi connectivity index (χ1n) is 11.5. The Kier molecular flexibility index (Phi) is 5.99. The predicted molar refractivity (Wildman–Crippen MR) is 134 cm³/mol. The van der Waals surface area contributed by atoms with E-state index in [1.807, 2.05) is 19.9 Å². The molecule has 0 aliphatic carbocycles. The highest BCUT2D eigenvalue weighted by atomic mass is 35.5. The standard InChI is InChI=1S/C28H24ClNO5/c1-3-34-22-11-4-17(5-12-22)25-24(26(31)18-6-13-23-19(15-18)14-16(2)35-23)27(32)28(33)30(25)21-9-7-20(29)8-10-21/h4-13,15-16,25,31H,3,14H2,1-2H3/b26-24-. The number of fused-ring (bicyclic) bond motifs is 1. The first-order valence-corrected chi connectivity index (χ1v) is 11.8. The Morgan fingerprint density at radius 3 is 2.49 bits per heavy atom. The predicted octanol–water partition coefficient (Wildman–Crippen LogP) is 5.69. The number of hydrogen-bond acceptors (Lipinski definition) is 5. The fraction of sp³-hybridized carbons (Fsp3) is 0.214. The second kappa shape index (κ2) is 9.12. The van der Waals surface area contributed by atoms with Crippen molar-refractivity contribution >= 4 is 34.7 Å². The number of carbonyl (C=O) groups excluding carboxylic acids is 2. The lowest BCUT2D eigenvalue weighted by Gasteiger charge is -2.25. The summed E-state index contributed by atoms with van der Waals surface area (Å²) >= 11 is 6.06. The average molecular weight is 490 g/mol. The minimum atomic E-state index is -0.824. The summed E-state index contributed by atoms with van der Waals surface area (Å²) in [5, 5.41) is 11.9. The number of nitrogens with zero attached hydrogens (tertiary/aromatic N) is 1. The number of ether oxygens (including phenoxy) is 2. The number of ketones is 1. The van der Waals surface area contributed by atoms with E-state index >= 15 is 0 Å². The Hall–Kier alpha value is -3.77. The highest BCUT2D eigenvalue weighted by Crippen LogP contribution is 2.43. The number of amides is 1. The maximum atomic E-state index is 13.3. The van der Waals surface area contributed by atoms with E-state index in [-0.39, 0.29) is 17.4 Å². The summed E-state index contributed by atoms with van der Waals surface area (Å²) < 4.78 is 11.3. The smallest absolute Gasteiger partial charge is 0.300 e. The van der Waals surface area contributed by atoms with Crippen LogP contribution in [0.1, 0.15) is 36.6 Å². The van der Waals surface area contributed by atoms with Crippen LogP contribution in [-0.2, 0) is 16.0 Å². The third kappa shape index (κ3) is 4.15. The normalized spacial score (nSPS) is 20.6. The number of aliphatic hydroxyl groups is 1. The molecule has 0 saturated carbocycles. The Balaban J connectivity index is 1.66. The Bertz CT molecular complexity index is 1330. The number of halogens is 1. The minimum absolute atomic E-state index is 0.0287. The summed E-state index contributed by atoms with van der Waals surface area (Å²) in [6.45, 7) is 4.39. The quantitative estimate of drug-likeness (QED) is 0.283. The maximum Gasteiger partial charge on any atom is 0.300 e. The van der Waals surface area contributed by atoms with Crippen molar-refractivity contribution in [2.75, 3.05) is 11.5 Å². The molecule has 1 N–H and O–H groups in total. The van der Waals surface area contributed by atoms with Crippen LogP contribution in [0.2, 0.25) is 5.02 Å². The fourth-order valence-electron chi connectivity index (χ4n) is 4.65. The summed E-state index contributed by atoms with van der Waals surface area (Å²) in [6.07, 6.45) is 0.750. The van der Waals surface area contributed by atoms with Gasteiger partial charge in [0.2, 0.25) is 0 Å². The van der Waals surface area contributed by atoms with Gasteiger partial charge in [-0.1, -0.05) is 23.7 Å². The monoisotopic (exact) mass is 489 g/mol. The molecule has 0 spiro atoms. The highest BCUT2D eigenvalue weighted by Gasteiger charge is 2.47.